The van der Waals surface area contributed by atoms with E-state index in [-0.39, 0.29) is 23.5 Å². The monoisotopic (exact) mass is 705 g/mol. The first-order valence-electron chi connectivity index (χ1n) is 17.5. The van der Waals surface area contributed by atoms with Crippen LogP contribution in [0.2, 0.25) is 0 Å². The van der Waals surface area contributed by atoms with Gasteiger partial charge < -0.3 is 20.1 Å². The number of carbonyl (C=O) groups is 2. The van der Waals surface area contributed by atoms with Gasteiger partial charge >= 0.3 is 6.09 Å². The molecule has 0 bridgehead atoms. The van der Waals surface area contributed by atoms with Crippen LogP contribution >= 0.6 is 18.6 Å². The Balaban J connectivity index is 1.03. The second-order valence-electron chi connectivity index (χ2n) is 13.0. The first-order chi connectivity index (χ1) is 24.5. The molecular formula is C42H46N2O4PS+. The van der Waals surface area contributed by atoms with E-state index in [1.165, 1.54) is 21.5 Å². The number of hydrogen-bond acceptors (Lipinski definition) is 5. The van der Waals surface area contributed by atoms with E-state index in [9.17, 15) is 9.59 Å². The molecule has 258 valence electrons. The van der Waals surface area contributed by atoms with Crippen LogP contribution in [0.25, 0.3) is 0 Å². The topological polar surface area (TPSA) is 76.7 Å². The van der Waals surface area contributed by atoms with Gasteiger partial charge in [0, 0.05) is 18.5 Å². The molecule has 6 rings (SSSR count). The maximum atomic E-state index is 13.1. The second-order valence-corrected chi connectivity index (χ2v) is 17.3. The Morgan fingerprint density at radius 2 is 1.34 bits per heavy atom. The highest BCUT2D eigenvalue weighted by Gasteiger charge is 2.44. The molecule has 4 aromatic carbocycles. The number of rotatable bonds is 14. The number of unbranched alkanes of at least 4 members (excludes halogenated alkanes) is 1. The Bertz CT molecular complexity index is 1700. The van der Waals surface area contributed by atoms with Crippen molar-refractivity contribution in [2.75, 3.05) is 26.4 Å². The van der Waals surface area contributed by atoms with E-state index in [1.54, 1.807) is 30.6 Å². The molecule has 5 aromatic rings. The molecule has 2 amide bonds. The largest absolute Gasteiger partial charge is 0.496 e. The van der Waals surface area contributed by atoms with E-state index in [1.807, 2.05) is 12.1 Å². The number of carbonyl (C=O) groups excluding carboxylic acids is 2. The van der Waals surface area contributed by atoms with Crippen molar-refractivity contribution >= 4 is 46.5 Å². The first kappa shape index (κ1) is 35.4. The molecular weight excluding hydrogens is 660 g/mol. The molecule has 0 aliphatic heterocycles. The Morgan fingerprint density at radius 1 is 0.760 bits per heavy atom. The fourth-order valence-corrected chi connectivity index (χ4v) is 12.5. The molecule has 0 unspecified atom stereocenters. The van der Waals surface area contributed by atoms with Crippen LogP contribution < -0.4 is 31.3 Å². The number of methoxy groups -OCH3 is 1. The highest BCUT2D eigenvalue weighted by molar-refractivity contribution is 7.95. The zero-order valence-electron chi connectivity index (χ0n) is 28.6. The van der Waals surface area contributed by atoms with Gasteiger partial charge in [-0.3, -0.25) is 4.79 Å². The minimum atomic E-state index is -1.89. The lowest BCUT2D eigenvalue weighted by Gasteiger charge is -2.40. The first-order valence-corrected chi connectivity index (χ1v) is 20.4. The Morgan fingerprint density at radius 3 is 1.90 bits per heavy atom. The Labute approximate surface area is 300 Å². The molecule has 0 atom stereocenters. The average molecular weight is 706 g/mol. The van der Waals surface area contributed by atoms with Gasteiger partial charge in [-0.25, -0.2) is 4.79 Å². The van der Waals surface area contributed by atoms with Crippen molar-refractivity contribution in [3.63, 3.8) is 0 Å². The molecule has 0 saturated heterocycles. The normalized spacial score (nSPS) is 17.4. The number of thiophene rings is 1. The fourth-order valence-electron chi connectivity index (χ4n) is 7.31. The van der Waals surface area contributed by atoms with Gasteiger partial charge in [-0.15, -0.1) is 0 Å². The third kappa shape index (κ3) is 8.12. The molecule has 1 saturated carbocycles. The third-order valence-electron chi connectivity index (χ3n) is 10.0. The minimum absolute atomic E-state index is 0.148. The smallest absolute Gasteiger partial charge is 0.407 e. The molecule has 1 heterocycles. The SMILES string of the molecule is COc1ccccc1C(=O)NCC1(c2ccsc2)CCC(OC(=O)NCCCC[P+](c2ccccc2)(c2ccccc2)c2ccccc2)CC1. The van der Waals surface area contributed by atoms with Gasteiger partial charge in [0.25, 0.3) is 5.91 Å². The van der Waals surface area contributed by atoms with Crippen LogP contribution in [0.3, 0.4) is 0 Å². The van der Waals surface area contributed by atoms with Crippen LogP contribution in [0.5, 0.6) is 5.75 Å². The average Bonchev–Trinajstić information content (AvgIpc) is 3.73. The van der Waals surface area contributed by atoms with Gasteiger partial charge in [0.15, 0.2) is 0 Å². The van der Waals surface area contributed by atoms with E-state index in [0.29, 0.717) is 24.4 Å². The number of amides is 2. The molecule has 0 radical (unpaired) electrons. The van der Waals surface area contributed by atoms with Gasteiger partial charge in [0.2, 0.25) is 0 Å². The van der Waals surface area contributed by atoms with Crippen LogP contribution in [0.4, 0.5) is 4.79 Å². The predicted molar refractivity (Wildman–Crippen MR) is 207 cm³/mol. The summed E-state index contributed by atoms with van der Waals surface area (Å²) in [5.41, 5.74) is 1.54. The lowest BCUT2D eigenvalue weighted by molar-refractivity contribution is 0.0565. The maximum absolute atomic E-state index is 13.1. The number of benzene rings is 4. The van der Waals surface area contributed by atoms with Crippen molar-refractivity contribution in [1.82, 2.24) is 10.6 Å². The highest BCUT2D eigenvalue weighted by Crippen LogP contribution is 2.55. The van der Waals surface area contributed by atoms with E-state index >= 15 is 0 Å². The van der Waals surface area contributed by atoms with Crippen molar-refractivity contribution < 1.29 is 19.1 Å². The Hall–Kier alpha value is -4.45. The molecule has 8 heteroatoms. The zero-order valence-corrected chi connectivity index (χ0v) is 30.3. The van der Waals surface area contributed by atoms with Crippen LogP contribution in [0, 0.1) is 0 Å². The van der Waals surface area contributed by atoms with Crippen molar-refractivity contribution in [2.45, 2.75) is 50.0 Å². The number of alkyl carbamates (subject to hydrolysis) is 1. The quantitative estimate of drug-likeness (QED) is 0.0912. The van der Waals surface area contributed by atoms with Crippen molar-refractivity contribution in [3.05, 3.63) is 143 Å². The highest BCUT2D eigenvalue weighted by atomic mass is 32.1. The van der Waals surface area contributed by atoms with Gasteiger partial charge in [-0.05, 0) is 109 Å². The van der Waals surface area contributed by atoms with Gasteiger partial charge in [0.05, 0.1) is 18.8 Å². The summed E-state index contributed by atoms with van der Waals surface area (Å²) in [6.45, 7) is 1.08. The van der Waals surface area contributed by atoms with E-state index in [4.69, 9.17) is 9.47 Å². The van der Waals surface area contributed by atoms with Crippen molar-refractivity contribution in [3.8, 4) is 5.75 Å². The lowest BCUT2D eigenvalue weighted by Crippen LogP contribution is -2.45. The summed E-state index contributed by atoms with van der Waals surface area (Å²) in [5.74, 6) is 0.410. The lowest BCUT2D eigenvalue weighted by atomic mass is 9.69. The number of hydrogen-bond donors (Lipinski definition) is 2. The summed E-state index contributed by atoms with van der Waals surface area (Å²) in [7, 11) is -0.314. The van der Waals surface area contributed by atoms with E-state index < -0.39 is 7.26 Å². The summed E-state index contributed by atoms with van der Waals surface area (Å²) < 4.78 is 11.3. The molecule has 1 aromatic heterocycles. The van der Waals surface area contributed by atoms with E-state index in [0.717, 1.165) is 44.7 Å². The molecule has 0 spiro atoms. The maximum Gasteiger partial charge on any atom is 0.407 e. The number of para-hydroxylation sites is 1. The molecule has 2 N–H and O–H groups in total. The van der Waals surface area contributed by atoms with Crippen molar-refractivity contribution in [2.24, 2.45) is 0 Å². The molecule has 1 aliphatic rings. The molecule has 50 heavy (non-hydrogen) atoms. The van der Waals surface area contributed by atoms with Crippen molar-refractivity contribution in [1.29, 1.82) is 0 Å². The van der Waals surface area contributed by atoms with E-state index in [2.05, 4.69) is 118 Å². The fraction of sp³-hybridized carbons (Fsp3) is 0.286. The van der Waals surface area contributed by atoms with Crippen LogP contribution in [-0.2, 0) is 10.2 Å². The summed E-state index contributed by atoms with van der Waals surface area (Å²) >= 11 is 1.66. The molecule has 1 aliphatic carbocycles. The molecule has 1 fully saturated rings. The van der Waals surface area contributed by atoms with Gasteiger partial charge in [-0.1, -0.05) is 66.7 Å². The van der Waals surface area contributed by atoms with Crippen LogP contribution in [0.15, 0.2) is 132 Å². The van der Waals surface area contributed by atoms with Crippen LogP contribution in [-0.4, -0.2) is 44.5 Å². The number of nitrogens with one attached hydrogen (secondary N) is 2. The summed E-state index contributed by atoms with van der Waals surface area (Å²) in [4.78, 5) is 26.1. The van der Waals surface area contributed by atoms with Crippen LogP contribution in [0.1, 0.15) is 54.4 Å². The van der Waals surface area contributed by atoms with Gasteiger partial charge in [0.1, 0.15) is 35.0 Å². The number of ether oxygens (including phenoxy) is 2. The molecule has 6 nitrogen and oxygen atoms in total. The van der Waals surface area contributed by atoms with Gasteiger partial charge in [-0.2, -0.15) is 11.3 Å². The summed E-state index contributed by atoms with van der Waals surface area (Å²) in [5, 5.41) is 14.6. The third-order valence-corrected chi connectivity index (χ3v) is 15.2. The zero-order chi connectivity index (χ0) is 34.7. The second kappa shape index (κ2) is 17.0. The minimum Gasteiger partial charge on any atom is -0.496 e. The Kier molecular flexibility index (Phi) is 12.0. The summed E-state index contributed by atoms with van der Waals surface area (Å²) in [6.07, 6.45) is 5.47. The predicted octanol–water partition coefficient (Wildman–Crippen LogP) is 7.87. The standard InChI is InChI=1S/C42H45N2O4PS/c1-47-39-22-12-11-21-38(39)40(45)44-32-42(33-25-30-50-31-33)26-23-34(24-27-42)48-41(46)43-28-13-14-29-49(35-15-5-2-6-16-35,36-17-7-3-8-18-36)37-19-9-4-10-20-37/h2-12,15-22,25,30-31,34H,13-14,23-24,26-29,32H2,1H3,(H-,43,44,45,46)/p+1. The summed E-state index contributed by atoms with van der Waals surface area (Å²) in [6, 6.07) is 42.2.